The molecule has 1 rings (SSSR count). The molecule has 1 aromatic carbocycles. The largest absolute Gasteiger partial charge is 0.325 e. The standard InChI is InChI=1S/C12H16BrClN2O3S/c1-7(2)11(13)12(17)15-8-4-5-10(9(14)6-8)16-20(3,18)19/h4-7,11,16H,1-3H3,(H,15,17). The minimum atomic E-state index is -3.39. The molecule has 8 heteroatoms. The monoisotopic (exact) mass is 382 g/mol. The molecule has 0 aromatic heterocycles. The Morgan fingerprint density at radius 2 is 1.95 bits per heavy atom. The highest BCUT2D eigenvalue weighted by atomic mass is 79.9. The molecule has 0 aliphatic rings. The molecular weight excluding hydrogens is 368 g/mol. The van der Waals surface area contributed by atoms with Gasteiger partial charge in [0.25, 0.3) is 0 Å². The van der Waals surface area contributed by atoms with E-state index in [9.17, 15) is 13.2 Å². The van der Waals surface area contributed by atoms with Gasteiger partial charge in [0, 0.05) is 5.69 Å². The van der Waals surface area contributed by atoms with E-state index in [1.54, 1.807) is 6.07 Å². The second kappa shape index (κ2) is 6.78. The molecule has 112 valence electrons. The number of carbonyl (C=O) groups excluding carboxylic acids is 1. The number of sulfonamides is 1. The molecule has 0 spiro atoms. The smallest absolute Gasteiger partial charge is 0.238 e. The molecule has 0 fully saturated rings. The normalized spacial score (nSPS) is 13.1. The number of nitrogens with one attached hydrogen (secondary N) is 2. The molecule has 0 bridgehead atoms. The summed E-state index contributed by atoms with van der Waals surface area (Å²) < 4.78 is 24.6. The number of halogens is 2. The lowest BCUT2D eigenvalue weighted by Crippen LogP contribution is -2.27. The number of amides is 1. The van der Waals surface area contributed by atoms with Crippen LogP contribution in [0.1, 0.15) is 13.8 Å². The highest BCUT2D eigenvalue weighted by Crippen LogP contribution is 2.26. The summed E-state index contributed by atoms with van der Waals surface area (Å²) in [7, 11) is -3.39. The van der Waals surface area contributed by atoms with Crippen molar-refractivity contribution in [3.63, 3.8) is 0 Å². The Hall–Kier alpha value is -0.790. The van der Waals surface area contributed by atoms with Crippen molar-refractivity contribution in [2.75, 3.05) is 16.3 Å². The lowest BCUT2D eigenvalue weighted by Gasteiger charge is -2.14. The Bertz CT molecular complexity index is 605. The minimum absolute atomic E-state index is 0.150. The molecule has 0 radical (unpaired) electrons. The molecule has 1 unspecified atom stereocenters. The van der Waals surface area contributed by atoms with E-state index in [0.717, 1.165) is 6.26 Å². The third-order valence-electron chi connectivity index (χ3n) is 2.37. The van der Waals surface area contributed by atoms with E-state index >= 15 is 0 Å². The summed E-state index contributed by atoms with van der Waals surface area (Å²) in [6.07, 6.45) is 1.04. The molecule has 0 saturated carbocycles. The van der Waals surface area contributed by atoms with Crippen LogP contribution in [-0.4, -0.2) is 25.4 Å². The van der Waals surface area contributed by atoms with Gasteiger partial charge in [-0.15, -0.1) is 0 Å². The van der Waals surface area contributed by atoms with Crippen LogP contribution in [0, 0.1) is 5.92 Å². The van der Waals surface area contributed by atoms with Gasteiger partial charge in [0.15, 0.2) is 0 Å². The molecular formula is C12H16BrClN2O3S. The molecule has 0 aliphatic heterocycles. The highest BCUT2D eigenvalue weighted by molar-refractivity contribution is 9.10. The number of hydrogen-bond acceptors (Lipinski definition) is 3. The van der Waals surface area contributed by atoms with E-state index < -0.39 is 10.0 Å². The molecule has 5 nitrogen and oxygen atoms in total. The van der Waals surface area contributed by atoms with Crippen LogP contribution in [0.5, 0.6) is 0 Å². The van der Waals surface area contributed by atoms with Gasteiger partial charge in [-0.3, -0.25) is 9.52 Å². The van der Waals surface area contributed by atoms with Gasteiger partial charge in [0.05, 0.1) is 21.8 Å². The average Bonchev–Trinajstić information content (AvgIpc) is 2.30. The number of alkyl halides is 1. The van der Waals surface area contributed by atoms with Crippen molar-refractivity contribution >= 4 is 54.8 Å². The van der Waals surface area contributed by atoms with Crippen LogP contribution in [0.3, 0.4) is 0 Å². The van der Waals surface area contributed by atoms with Crippen LogP contribution in [0.4, 0.5) is 11.4 Å². The first-order valence-corrected chi connectivity index (χ1v) is 9.01. The van der Waals surface area contributed by atoms with Gasteiger partial charge in [-0.1, -0.05) is 41.4 Å². The predicted octanol–water partition coefficient (Wildman–Crippen LogP) is 3.07. The Morgan fingerprint density at radius 1 is 1.35 bits per heavy atom. The number of hydrogen-bond donors (Lipinski definition) is 2. The maximum atomic E-state index is 11.9. The zero-order chi connectivity index (χ0) is 15.5. The molecule has 0 aliphatic carbocycles. The van der Waals surface area contributed by atoms with E-state index in [-0.39, 0.29) is 27.4 Å². The lowest BCUT2D eigenvalue weighted by atomic mass is 10.1. The number of carbonyl (C=O) groups is 1. The van der Waals surface area contributed by atoms with Crippen LogP contribution in [0.25, 0.3) is 0 Å². The summed E-state index contributed by atoms with van der Waals surface area (Å²) >= 11 is 9.27. The third-order valence-corrected chi connectivity index (χ3v) is 4.74. The van der Waals surface area contributed by atoms with E-state index in [1.165, 1.54) is 12.1 Å². The second-order valence-electron chi connectivity index (χ2n) is 4.70. The second-order valence-corrected chi connectivity index (χ2v) is 7.85. The van der Waals surface area contributed by atoms with Gasteiger partial charge < -0.3 is 5.32 Å². The minimum Gasteiger partial charge on any atom is -0.325 e. The molecule has 1 atom stereocenters. The van der Waals surface area contributed by atoms with Crippen molar-refractivity contribution in [2.24, 2.45) is 5.92 Å². The van der Waals surface area contributed by atoms with Gasteiger partial charge in [-0.05, 0) is 24.1 Å². The van der Waals surface area contributed by atoms with Crippen molar-refractivity contribution in [1.82, 2.24) is 0 Å². The first-order valence-electron chi connectivity index (χ1n) is 5.82. The lowest BCUT2D eigenvalue weighted by molar-refractivity contribution is -0.116. The van der Waals surface area contributed by atoms with Gasteiger partial charge >= 0.3 is 0 Å². The quantitative estimate of drug-likeness (QED) is 0.767. The Labute approximate surface area is 132 Å². The summed E-state index contributed by atoms with van der Waals surface area (Å²) in [6.45, 7) is 3.84. The number of anilines is 2. The maximum absolute atomic E-state index is 11.9. The van der Waals surface area contributed by atoms with Crippen molar-refractivity contribution in [3.05, 3.63) is 23.2 Å². The summed E-state index contributed by atoms with van der Waals surface area (Å²) in [5, 5.41) is 2.92. The Morgan fingerprint density at radius 3 is 2.40 bits per heavy atom. The average molecular weight is 384 g/mol. The Kier molecular flexibility index (Phi) is 5.85. The van der Waals surface area contributed by atoms with Gasteiger partial charge in [0.1, 0.15) is 0 Å². The highest BCUT2D eigenvalue weighted by Gasteiger charge is 2.19. The van der Waals surface area contributed by atoms with Crippen molar-refractivity contribution < 1.29 is 13.2 Å². The van der Waals surface area contributed by atoms with Gasteiger partial charge in [-0.25, -0.2) is 8.42 Å². The van der Waals surface area contributed by atoms with Crippen LogP contribution >= 0.6 is 27.5 Å². The topological polar surface area (TPSA) is 75.3 Å². The van der Waals surface area contributed by atoms with Crippen molar-refractivity contribution in [2.45, 2.75) is 18.7 Å². The first-order chi connectivity index (χ1) is 9.10. The van der Waals surface area contributed by atoms with E-state index in [4.69, 9.17) is 11.6 Å². The summed E-state index contributed by atoms with van der Waals surface area (Å²) in [6, 6.07) is 4.57. The summed E-state index contributed by atoms with van der Waals surface area (Å²) in [5.74, 6) is -0.0310. The molecule has 0 saturated heterocycles. The van der Waals surface area contributed by atoms with E-state index in [2.05, 4.69) is 26.0 Å². The van der Waals surface area contributed by atoms with Crippen LogP contribution < -0.4 is 10.0 Å². The first kappa shape index (κ1) is 17.3. The maximum Gasteiger partial charge on any atom is 0.238 e. The predicted molar refractivity (Wildman–Crippen MR) is 86.1 cm³/mol. The van der Waals surface area contributed by atoms with Crippen LogP contribution in [-0.2, 0) is 14.8 Å². The van der Waals surface area contributed by atoms with E-state index in [1.807, 2.05) is 13.8 Å². The van der Waals surface area contributed by atoms with Crippen molar-refractivity contribution in [1.29, 1.82) is 0 Å². The molecule has 2 N–H and O–H groups in total. The van der Waals surface area contributed by atoms with E-state index in [0.29, 0.717) is 5.69 Å². The van der Waals surface area contributed by atoms with Gasteiger partial charge in [0.2, 0.25) is 15.9 Å². The van der Waals surface area contributed by atoms with Crippen molar-refractivity contribution in [3.8, 4) is 0 Å². The molecule has 1 amide bonds. The SMILES string of the molecule is CC(C)C(Br)C(=O)Nc1ccc(NS(C)(=O)=O)c(Cl)c1. The zero-order valence-corrected chi connectivity index (χ0v) is 14.4. The Balaban J connectivity index is 2.85. The van der Waals surface area contributed by atoms with Crippen LogP contribution in [0.15, 0.2) is 18.2 Å². The molecule has 0 heterocycles. The fourth-order valence-corrected chi connectivity index (χ4v) is 2.37. The zero-order valence-electron chi connectivity index (χ0n) is 11.3. The number of rotatable bonds is 5. The van der Waals surface area contributed by atoms with Gasteiger partial charge in [-0.2, -0.15) is 0 Å². The summed E-state index contributed by atoms with van der Waals surface area (Å²) in [5.41, 5.74) is 0.774. The molecule has 20 heavy (non-hydrogen) atoms. The third kappa shape index (κ3) is 5.30. The summed E-state index contributed by atoms with van der Waals surface area (Å²) in [4.78, 5) is 11.6. The fourth-order valence-electron chi connectivity index (χ4n) is 1.39. The number of benzene rings is 1. The molecule has 1 aromatic rings. The fraction of sp³-hybridized carbons (Fsp3) is 0.417. The van der Waals surface area contributed by atoms with Crippen LogP contribution in [0.2, 0.25) is 5.02 Å².